The van der Waals surface area contributed by atoms with Gasteiger partial charge in [0.25, 0.3) is 0 Å². The molecule has 1 N–H and O–H groups in total. The molecule has 2 aromatic carbocycles. The molecule has 0 saturated carbocycles. The molecule has 3 aromatic rings. The van der Waals surface area contributed by atoms with Crippen LogP contribution in [0.15, 0.2) is 72.8 Å². The number of rotatable bonds is 4. The molecule has 0 unspecified atom stereocenters. The lowest BCUT2D eigenvalue weighted by atomic mass is 10.0. The SMILES string of the molecule is O=C/C=C/c1[nH]c(-c2ccccc2)cc1-c1ccccc1. The van der Waals surface area contributed by atoms with Gasteiger partial charge in [0.15, 0.2) is 0 Å². The molecule has 0 aliphatic rings. The summed E-state index contributed by atoms with van der Waals surface area (Å²) >= 11 is 0. The maximum Gasteiger partial charge on any atom is 0.142 e. The number of hydrogen-bond donors (Lipinski definition) is 1. The Hall–Kier alpha value is -2.87. The van der Waals surface area contributed by atoms with Crippen LogP contribution >= 0.6 is 0 Å². The van der Waals surface area contributed by atoms with Crippen LogP contribution in [0.4, 0.5) is 0 Å². The average molecular weight is 273 g/mol. The lowest BCUT2D eigenvalue weighted by Crippen LogP contribution is -1.79. The number of aromatic nitrogens is 1. The maximum absolute atomic E-state index is 10.6. The van der Waals surface area contributed by atoms with Crippen molar-refractivity contribution in [3.8, 4) is 22.4 Å². The van der Waals surface area contributed by atoms with Gasteiger partial charge in [-0.15, -0.1) is 0 Å². The molecule has 0 bridgehead atoms. The predicted octanol–water partition coefficient (Wildman–Crippen LogP) is 4.56. The molecule has 0 fully saturated rings. The first kappa shape index (κ1) is 13.1. The molecule has 1 heterocycles. The molecule has 0 atom stereocenters. The number of H-pyrrole nitrogens is 1. The zero-order valence-electron chi connectivity index (χ0n) is 11.5. The standard InChI is InChI=1S/C19H15NO/c21-13-7-12-18-17(15-8-3-1-4-9-15)14-19(20-18)16-10-5-2-6-11-16/h1-14,20H/b12-7+. The van der Waals surface area contributed by atoms with Crippen LogP contribution < -0.4 is 0 Å². The Morgan fingerprint density at radius 2 is 1.43 bits per heavy atom. The van der Waals surface area contributed by atoms with Gasteiger partial charge in [0.2, 0.25) is 0 Å². The Kier molecular flexibility index (Phi) is 3.79. The molecule has 0 amide bonds. The van der Waals surface area contributed by atoms with Crippen molar-refractivity contribution in [1.29, 1.82) is 0 Å². The summed E-state index contributed by atoms with van der Waals surface area (Å²) in [6, 6.07) is 22.4. The van der Waals surface area contributed by atoms with E-state index in [1.165, 1.54) is 6.08 Å². The van der Waals surface area contributed by atoms with E-state index in [-0.39, 0.29) is 0 Å². The Balaban J connectivity index is 2.12. The number of hydrogen-bond acceptors (Lipinski definition) is 1. The Bertz CT molecular complexity index is 755. The van der Waals surface area contributed by atoms with Gasteiger partial charge in [-0.25, -0.2) is 0 Å². The number of carbonyl (C=O) groups is 1. The minimum Gasteiger partial charge on any atom is -0.355 e. The van der Waals surface area contributed by atoms with Gasteiger partial charge in [0.05, 0.1) is 0 Å². The van der Waals surface area contributed by atoms with Crippen molar-refractivity contribution >= 4 is 12.4 Å². The van der Waals surface area contributed by atoms with Crippen LogP contribution in [0.5, 0.6) is 0 Å². The number of allylic oxidation sites excluding steroid dienone is 1. The number of nitrogens with one attached hydrogen (secondary N) is 1. The van der Waals surface area contributed by atoms with Crippen LogP contribution in [0.2, 0.25) is 0 Å². The van der Waals surface area contributed by atoms with Crippen molar-refractivity contribution in [3.05, 3.63) is 78.5 Å². The van der Waals surface area contributed by atoms with Gasteiger partial charge in [-0.3, -0.25) is 4.79 Å². The van der Waals surface area contributed by atoms with Crippen molar-refractivity contribution in [2.24, 2.45) is 0 Å². The highest BCUT2D eigenvalue weighted by Gasteiger charge is 2.09. The molecular weight excluding hydrogens is 258 g/mol. The second-order valence-electron chi connectivity index (χ2n) is 4.74. The van der Waals surface area contributed by atoms with E-state index in [2.05, 4.69) is 35.3 Å². The molecule has 21 heavy (non-hydrogen) atoms. The topological polar surface area (TPSA) is 32.9 Å². The largest absolute Gasteiger partial charge is 0.355 e. The van der Waals surface area contributed by atoms with Gasteiger partial charge in [-0.1, -0.05) is 60.7 Å². The monoisotopic (exact) mass is 273 g/mol. The summed E-state index contributed by atoms with van der Waals surface area (Å²) < 4.78 is 0. The number of benzene rings is 2. The fourth-order valence-corrected chi connectivity index (χ4v) is 2.37. The van der Waals surface area contributed by atoms with E-state index in [4.69, 9.17) is 0 Å². The van der Waals surface area contributed by atoms with Crippen molar-refractivity contribution < 1.29 is 4.79 Å². The van der Waals surface area contributed by atoms with Gasteiger partial charge in [-0.05, 0) is 29.3 Å². The van der Waals surface area contributed by atoms with E-state index in [1.54, 1.807) is 0 Å². The molecule has 0 aliphatic heterocycles. The van der Waals surface area contributed by atoms with Crippen LogP contribution in [0, 0.1) is 0 Å². The second-order valence-corrected chi connectivity index (χ2v) is 4.74. The summed E-state index contributed by atoms with van der Waals surface area (Å²) in [6.45, 7) is 0. The first-order chi connectivity index (χ1) is 10.4. The maximum atomic E-state index is 10.6. The van der Waals surface area contributed by atoms with Crippen molar-refractivity contribution in [2.75, 3.05) is 0 Å². The van der Waals surface area contributed by atoms with Crippen LogP contribution in [-0.2, 0) is 4.79 Å². The first-order valence-corrected chi connectivity index (χ1v) is 6.84. The normalized spacial score (nSPS) is 10.9. The highest BCUT2D eigenvalue weighted by molar-refractivity contribution is 5.83. The van der Waals surface area contributed by atoms with Gasteiger partial charge in [0, 0.05) is 17.0 Å². The summed E-state index contributed by atoms with van der Waals surface area (Å²) in [7, 11) is 0. The Morgan fingerprint density at radius 3 is 2.05 bits per heavy atom. The minimum atomic E-state index is 0.789. The van der Waals surface area contributed by atoms with Crippen molar-refractivity contribution in [2.45, 2.75) is 0 Å². The quantitative estimate of drug-likeness (QED) is 0.548. The zero-order valence-corrected chi connectivity index (χ0v) is 11.5. The van der Waals surface area contributed by atoms with Gasteiger partial charge in [0.1, 0.15) is 6.29 Å². The number of carbonyl (C=O) groups excluding carboxylic acids is 1. The molecule has 2 nitrogen and oxygen atoms in total. The number of aldehydes is 1. The third kappa shape index (κ3) is 2.84. The van der Waals surface area contributed by atoms with E-state index < -0.39 is 0 Å². The lowest BCUT2D eigenvalue weighted by molar-refractivity contribution is -0.104. The summed E-state index contributed by atoms with van der Waals surface area (Å²) in [5.41, 5.74) is 5.32. The van der Waals surface area contributed by atoms with Gasteiger partial charge >= 0.3 is 0 Å². The van der Waals surface area contributed by atoms with E-state index in [9.17, 15) is 4.79 Å². The second kappa shape index (κ2) is 6.06. The van der Waals surface area contributed by atoms with E-state index >= 15 is 0 Å². The smallest absolute Gasteiger partial charge is 0.142 e. The Morgan fingerprint density at radius 1 is 0.810 bits per heavy atom. The fourth-order valence-electron chi connectivity index (χ4n) is 2.37. The van der Waals surface area contributed by atoms with Crippen molar-refractivity contribution in [1.82, 2.24) is 4.98 Å². The summed E-state index contributed by atoms with van der Waals surface area (Å²) in [6.07, 6.45) is 4.10. The highest BCUT2D eigenvalue weighted by Crippen LogP contribution is 2.30. The molecule has 102 valence electrons. The molecule has 3 rings (SSSR count). The highest BCUT2D eigenvalue weighted by atomic mass is 16.1. The van der Waals surface area contributed by atoms with Crippen LogP contribution in [0.25, 0.3) is 28.5 Å². The predicted molar refractivity (Wildman–Crippen MR) is 86.8 cm³/mol. The molecule has 0 spiro atoms. The van der Waals surface area contributed by atoms with Crippen LogP contribution in [0.1, 0.15) is 5.69 Å². The zero-order chi connectivity index (χ0) is 14.5. The van der Waals surface area contributed by atoms with E-state index in [0.717, 1.165) is 34.4 Å². The van der Waals surface area contributed by atoms with E-state index in [0.29, 0.717) is 0 Å². The van der Waals surface area contributed by atoms with Crippen LogP contribution in [0.3, 0.4) is 0 Å². The molecular formula is C19H15NO. The summed E-state index contributed by atoms with van der Waals surface area (Å²) in [4.78, 5) is 14.0. The minimum absolute atomic E-state index is 0.789. The van der Waals surface area contributed by atoms with Crippen LogP contribution in [-0.4, -0.2) is 11.3 Å². The first-order valence-electron chi connectivity index (χ1n) is 6.84. The van der Waals surface area contributed by atoms with E-state index in [1.807, 2.05) is 42.5 Å². The molecule has 0 aliphatic carbocycles. The lowest BCUT2D eigenvalue weighted by Gasteiger charge is -1.99. The van der Waals surface area contributed by atoms with Crippen molar-refractivity contribution in [3.63, 3.8) is 0 Å². The third-order valence-corrected chi connectivity index (χ3v) is 3.36. The molecule has 1 aromatic heterocycles. The van der Waals surface area contributed by atoms with Gasteiger partial charge < -0.3 is 4.98 Å². The fraction of sp³-hybridized carbons (Fsp3) is 0. The third-order valence-electron chi connectivity index (χ3n) is 3.36. The summed E-state index contributed by atoms with van der Waals surface area (Å²) in [5, 5.41) is 0. The molecule has 2 heteroatoms. The number of aromatic amines is 1. The Labute approximate surface area is 123 Å². The summed E-state index contributed by atoms with van der Waals surface area (Å²) in [5.74, 6) is 0. The molecule has 0 radical (unpaired) electrons. The van der Waals surface area contributed by atoms with Gasteiger partial charge in [-0.2, -0.15) is 0 Å². The molecule has 0 saturated heterocycles. The average Bonchev–Trinajstić information content (AvgIpc) is 2.99.